The van der Waals surface area contributed by atoms with Crippen LogP contribution in [0.3, 0.4) is 0 Å². The maximum atomic E-state index is 13.3. The Kier molecular flexibility index (Phi) is 7.85. The molecule has 208 valence electrons. The third-order valence-corrected chi connectivity index (χ3v) is 9.42. The van der Waals surface area contributed by atoms with Gasteiger partial charge in [0.15, 0.2) is 26.8 Å². The highest BCUT2D eigenvalue weighted by Gasteiger charge is 2.36. The summed E-state index contributed by atoms with van der Waals surface area (Å²) in [7, 11) is -3.35. The number of oxime groups is 1. The fraction of sp³-hybridized carbons (Fsp3) is 0.462. The minimum absolute atomic E-state index is 0.00194. The Labute approximate surface area is 230 Å². The summed E-state index contributed by atoms with van der Waals surface area (Å²) in [6, 6.07) is 9.62. The van der Waals surface area contributed by atoms with E-state index < -0.39 is 15.7 Å². The van der Waals surface area contributed by atoms with E-state index in [1.807, 2.05) is 13.8 Å². The lowest BCUT2D eigenvalue weighted by atomic mass is 10.0. The van der Waals surface area contributed by atoms with Crippen LogP contribution < -0.4 is 15.8 Å². The first-order valence-corrected chi connectivity index (χ1v) is 15.1. The largest absolute Gasteiger partial charge is 0.478 e. The number of carbonyl (C=O) groups is 1. The van der Waals surface area contributed by atoms with E-state index in [0.717, 1.165) is 0 Å². The van der Waals surface area contributed by atoms with Crippen LogP contribution in [0.4, 0.5) is 5.13 Å². The molecule has 1 saturated carbocycles. The standard InChI is InChI=1S/C26H31N5O6S2/c1-26(2,27)12-14-36-21-10-9-20-24(29-21)38-25(28-20)30-23(32)22(31-37-17-11-13-35-15-17)16-3-5-18(6-4-16)39(33,34)19-7-8-19/h3-6,9-10,17,19H,7-8,11-15,27H2,1-2H3,(H,28,30,32)/b31-22+/t17-/m1/s1. The van der Waals surface area contributed by atoms with Gasteiger partial charge in [-0.15, -0.1) is 0 Å². The SMILES string of the molecule is CC(C)(N)CCOc1ccc2nc(NC(=O)/C(=N/O[C@@H]3CCOC3)c3ccc(S(=O)(=O)C4CC4)cc3)sc2n1. The molecule has 2 fully saturated rings. The van der Waals surface area contributed by atoms with Crippen molar-refractivity contribution in [1.29, 1.82) is 0 Å². The van der Waals surface area contributed by atoms with Crippen LogP contribution >= 0.6 is 11.3 Å². The van der Waals surface area contributed by atoms with Gasteiger partial charge in [-0.05, 0) is 51.3 Å². The number of aromatic nitrogens is 2. The van der Waals surface area contributed by atoms with Crippen molar-refractivity contribution in [3.63, 3.8) is 0 Å². The van der Waals surface area contributed by atoms with Crippen molar-refractivity contribution in [1.82, 2.24) is 9.97 Å². The van der Waals surface area contributed by atoms with E-state index in [2.05, 4.69) is 20.4 Å². The van der Waals surface area contributed by atoms with Crippen LogP contribution in [0.25, 0.3) is 10.3 Å². The van der Waals surface area contributed by atoms with E-state index in [1.165, 1.54) is 23.5 Å². The average molecular weight is 574 g/mol. The van der Waals surface area contributed by atoms with Gasteiger partial charge in [0.05, 0.1) is 30.0 Å². The molecule has 1 aliphatic heterocycles. The second kappa shape index (κ2) is 11.2. The molecule has 0 bridgehead atoms. The molecule has 13 heteroatoms. The Balaban J connectivity index is 1.33. The number of fused-ring (bicyclic) bond motifs is 1. The normalized spacial score (nSPS) is 18.3. The van der Waals surface area contributed by atoms with Gasteiger partial charge in [-0.2, -0.15) is 0 Å². The molecule has 1 saturated heterocycles. The zero-order valence-electron chi connectivity index (χ0n) is 21.8. The summed E-state index contributed by atoms with van der Waals surface area (Å²) in [5.41, 5.74) is 6.68. The number of sulfone groups is 1. The van der Waals surface area contributed by atoms with Gasteiger partial charge in [-0.1, -0.05) is 28.6 Å². The molecule has 11 nitrogen and oxygen atoms in total. The number of nitrogens with zero attached hydrogens (tertiary/aromatic N) is 3. The summed E-state index contributed by atoms with van der Waals surface area (Å²) in [5.74, 6) is -0.101. The van der Waals surface area contributed by atoms with Gasteiger partial charge >= 0.3 is 0 Å². The molecule has 3 aromatic rings. The summed E-state index contributed by atoms with van der Waals surface area (Å²) in [4.78, 5) is 28.7. The first-order valence-electron chi connectivity index (χ1n) is 12.7. The van der Waals surface area contributed by atoms with Crippen molar-refractivity contribution in [2.24, 2.45) is 10.9 Å². The minimum atomic E-state index is -3.35. The number of hydrogen-bond acceptors (Lipinski definition) is 11. The van der Waals surface area contributed by atoms with Crippen LogP contribution in [0.5, 0.6) is 5.88 Å². The molecule has 1 aliphatic carbocycles. The van der Waals surface area contributed by atoms with Crippen LogP contribution in [-0.4, -0.2) is 66.7 Å². The molecule has 3 N–H and O–H groups in total. The van der Waals surface area contributed by atoms with Crippen molar-refractivity contribution >= 4 is 48.3 Å². The summed E-state index contributed by atoms with van der Waals surface area (Å²) >= 11 is 1.20. The quantitative estimate of drug-likeness (QED) is 0.260. The number of rotatable bonds is 11. The van der Waals surface area contributed by atoms with Gasteiger partial charge in [-0.25, -0.2) is 18.4 Å². The van der Waals surface area contributed by atoms with E-state index in [9.17, 15) is 13.2 Å². The molecule has 2 aliphatic rings. The van der Waals surface area contributed by atoms with Crippen molar-refractivity contribution in [3.8, 4) is 5.88 Å². The molecule has 0 unspecified atom stereocenters. The Morgan fingerprint density at radius 1 is 1.18 bits per heavy atom. The van der Waals surface area contributed by atoms with Gasteiger partial charge in [0.25, 0.3) is 5.91 Å². The highest BCUT2D eigenvalue weighted by Crippen LogP contribution is 2.33. The molecule has 0 spiro atoms. The molecule has 0 radical (unpaired) electrons. The summed E-state index contributed by atoms with van der Waals surface area (Å²) < 4.78 is 36.2. The second-order valence-corrected chi connectivity index (χ2v) is 13.5. The third-order valence-electron chi connectivity index (χ3n) is 6.26. The van der Waals surface area contributed by atoms with E-state index in [-0.39, 0.29) is 27.5 Å². The van der Waals surface area contributed by atoms with E-state index in [0.29, 0.717) is 72.4 Å². The Morgan fingerprint density at radius 3 is 2.62 bits per heavy atom. The molecular weight excluding hydrogens is 542 g/mol. The lowest BCUT2D eigenvalue weighted by Crippen LogP contribution is -2.33. The van der Waals surface area contributed by atoms with Crippen LogP contribution in [0.2, 0.25) is 0 Å². The van der Waals surface area contributed by atoms with Crippen molar-refractivity contribution < 1.29 is 27.5 Å². The lowest BCUT2D eigenvalue weighted by molar-refractivity contribution is -0.110. The van der Waals surface area contributed by atoms with Gasteiger partial charge in [-0.3, -0.25) is 10.1 Å². The zero-order valence-corrected chi connectivity index (χ0v) is 23.4. The Hall–Kier alpha value is -3.13. The molecule has 39 heavy (non-hydrogen) atoms. The number of nitrogens with one attached hydrogen (secondary N) is 1. The fourth-order valence-corrected chi connectivity index (χ4v) is 6.31. The van der Waals surface area contributed by atoms with Crippen molar-refractivity contribution in [2.45, 2.75) is 61.3 Å². The third kappa shape index (κ3) is 6.90. The number of thiazole rings is 1. The van der Waals surface area contributed by atoms with Gasteiger partial charge in [0.2, 0.25) is 5.88 Å². The molecular formula is C26H31N5O6S2. The molecule has 1 aromatic carbocycles. The monoisotopic (exact) mass is 573 g/mol. The van der Waals surface area contributed by atoms with Crippen molar-refractivity contribution in [3.05, 3.63) is 42.0 Å². The fourth-order valence-electron chi connectivity index (χ4n) is 3.83. The van der Waals surface area contributed by atoms with Gasteiger partial charge in [0, 0.05) is 23.6 Å². The van der Waals surface area contributed by atoms with Crippen LogP contribution in [0.15, 0.2) is 46.4 Å². The minimum Gasteiger partial charge on any atom is -0.478 e. The van der Waals surface area contributed by atoms with E-state index in [1.54, 1.807) is 24.3 Å². The predicted octanol–water partition coefficient (Wildman–Crippen LogP) is 3.28. The molecule has 2 aromatic heterocycles. The predicted molar refractivity (Wildman–Crippen MR) is 148 cm³/mol. The maximum absolute atomic E-state index is 13.3. The maximum Gasteiger partial charge on any atom is 0.280 e. The first-order chi connectivity index (χ1) is 18.6. The number of benzene rings is 1. The zero-order chi connectivity index (χ0) is 27.6. The van der Waals surface area contributed by atoms with Gasteiger partial charge < -0.3 is 20.0 Å². The summed E-state index contributed by atoms with van der Waals surface area (Å²) in [5, 5.41) is 6.91. The Bertz CT molecular complexity index is 1470. The smallest absolute Gasteiger partial charge is 0.280 e. The number of anilines is 1. The van der Waals surface area contributed by atoms with E-state index >= 15 is 0 Å². The number of pyridine rings is 1. The topological polar surface area (TPSA) is 155 Å². The highest BCUT2D eigenvalue weighted by atomic mass is 32.2. The van der Waals surface area contributed by atoms with Crippen LogP contribution in [-0.2, 0) is 24.2 Å². The first kappa shape index (κ1) is 27.4. The number of hydrogen-bond donors (Lipinski definition) is 2. The lowest BCUT2D eigenvalue weighted by Gasteiger charge is -2.17. The van der Waals surface area contributed by atoms with Crippen molar-refractivity contribution in [2.75, 3.05) is 25.1 Å². The summed E-state index contributed by atoms with van der Waals surface area (Å²) in [6.07, 6.45) is 2.41. The molecule has 3 heterocycles. The van der Waals surface area contributed by atoms with Crippen LogP contribution in [0.1, 0.15) is 45.1 Å². The molecule has 5 rings (SSSR count). The number of ether oxygens (including phenoxy) is 2. The van der Waals surface area contributed by atoms with E-state index in [4.69, 9.17) is 20.0 Å². The number of nitrogens with two attached hydrogens (primary N) is 1. The van der Waals surface area contributed by atoms with Crippen LogP contribution in [0, 0.1) is 0 Å². The second-order valence-electron chi connectivity index (χ2n) is 10.3. The highest BCUT2D eigenvalue weighted by molar-refractivity contribution is 7.92. The molecule has 1 atom stereocenters. The summed E-state index contributed by atoms with van der Waals surface area (Å²) in [6.45, 7) is 5.23. The number of amides is 1. The average Bonchev–Trinajstić information content (AvgIpc) is 3.49. The number of carbonyl (C=O) groups excluding carboxylic acids is 1. The van der Waals surface area contributed by atoms with Gasteiger partial charge in [0.1, 0.15) is 10.3 Å². The molecule has 1 amide bonds. The Morgan fingerprint density at radius 2 is 1.95 bits per heavy atom.